The van der Waals surface area contributed by atoms with Gasteiger partial charge in [-0.05, 0) is 36.2 Å². The first kappa shape index (κ1) is 16.9. The van der Waals surface area contributed by atoms with Crippen molar-refractivity contribution in [1.29, 1.82) is 0 Å². The number of cyclic esters (lactones) is 1. The van der Waals surface area contributed by atoms with E-state index in [9.17, 15) is 19.7 Å². The molecule has 2 aromatic carbocycles. The lowest BCUT2D eigenvalue weighted by molar-refractivity contribution is -0.384. The Kier molecular flexibility index (Phi) is 4.41. The number of esters is 1. The van der Waals surface area contributed by atoms with Gasteiger partial charge in [-0.3, -0.25) is 14.9 Å². The molecule has 2 aromatic rings. The molecule has 128 valence electrons. The zero-order valence-electron chi connectivity index (χ0n) is 13.1. The maximum Gasteiger partial charge on any atom is 0.339 e. The Morgan fingerprint density at radius 3 is 2.80 bits per heavy atom. The number of benzene rings is 2. The summed E-state index contributed by atoms with van der Waals surface area (Å²) < 4.78 is 5.15. The van der Waals surface area contributed by atoms with Gasteiger partial charge in [0.25, 0.3) is 11.6 Å². The van der Waals surface area contributed by atoms with E-state index >= 15 is 0 Å². The fraction of sp³-hybridized carbons (Fsp3) is 0.176. The van der Waals surface area contributed by atoms with Crippen molar-refractivity contribution in [3.63, 3.8) is 0 Å². The molecule has 0 aliphatic carbocycles. The number of nitrogens with zero attached hydrogens (tertiary/aromatic N) is 1. The summed E-state index contributed by atoms with van der Waals surface area (Å²) in [6.07, 6.45) is -0.897. The predicted octanol–water partition coefficient (Wildman–Crippen LogP) is 3.28. The quantitative estimate of drug-likeness (QED) is 0.514. The molecule has 0 aromatic heterocycles. The lowest BCUT2D eigenvalue weighted by atomic mass is 9.98. The number of halogens is 1. The van der Waals surface area contributed by atoms with Crippen molar-refractivity contribution in [1.82, 2.24) is 0 Å². The third-order valence-corrected chi connectivity index (χ3v) is 4.08. The van der Waals surface area contributed by atoms with Gasteiger partial charge in [-0.1, -0.05) is 23.7 Å². The number of hydrogen-bond donors (Lipinski definition) is 1. The molecule has 0 fully saturated rings. The monoisotopic (exact) mass is 360 g/mol. The van der Waals surface area contributed by atoms with Crippen LogP contribution in [0.4, 0.5) is 11.4 Å². The second-order valence-corrected chi connectivity index (χ2v) is 6.10. The Hall–Kier alpha value is -2.93. The number of aryl methyl sites for hydroxylation is 1. The highest BCUT2D eigenvalue weighted by molar-refractivity contribution is 6.31. The molecule has 0 saturated heterocycles. The topological polar surface area (TPSA) is 98.5 Å². The fourth-order valence-electron chi connectivity index (χ4n) is 2.61. The van der Waals surface area contributed by atoms with Crippen LogP contribution in [0, 0.1) is 17.0 Å². The summed E-state index contributed by atoms with van der Waals surface area (Å²) in [6, 6.07) is 9.22. The first-order valence-corrected chi connectivity index (χ1v) is 7.78. The van der Waals surface area contributed by atoms with E-state index < -0.39 is 22.9 Å². The minimum Gasteiger partial charge on any atom is -0.448 e. The minimum atomic E-state index is -1.07. The van der Waals surface area contributed by atoms with Gasteiger partial charge in [0.1, 0.15) is 5.69 Å². The van der Waals surface area contributed by atoms with E-state index in [0.717, 1.165) is 0 Å². The van der Waals surface area contributed by atoms with Crippen molar-refractivity contribution in [3.8, 4) is 0 Å². The average molecular weight is 361 g/mol. The fourth-order valence-corrected chi connectivity index (χ4v) is 2.78. The Morgan fingerprint density at radius 2 is 2.08 bits per heavy atom. The van der Waals surface area contributed by atoms with E-state index in [1.165, 1.54) is 18.2 Å². The van der Waals surface area contributed by atoms with Crippen LogP contribution in [0.15, 0.2) is 36.4 Å². The van der Waals surface area contributed by atoms with Gasteiger partial charge in [0.2, 0.25) is 0 Å². The van der Waals surface area contributed by atoms with E-state index in [1.807, 2.05) is 0 Å². The van der Waals surface area contributed by atoms with Crippen LogP contribution in [0.25, 0.3) is 0 Å². The van der Waals surface area contributed by atoms with Crippen LogP contribution in [-0.2, 0) is 16.0 Å². The van der Waals surface area contributed by atoms with Crippen LogP contribution >= 0.6 is 11.6 Å². The van der Waals surface area contributed by atoms with E-state index in [1.54, 1.807) is 25.1 Å². The van der Waals surface area contributed by atoms with Crippen molar-refractivity contribution < 1.29 is 19.2 Å². The van der Waals surface area contributed by atoms with Crippen LogP contribution in [0.2, 0.25) is 5.02 Å². The molecule has 25 heavy (non-hydrogen) atoms. The smallest absolute Gasteiger partial charge is 0.339 e. The minimum absolute atomic E-state index is 0.0542. The van der Waals surface area contributed by atoms with Gasteiger partial charge in [-0.25, -0.2) is 4.79 Å². The Labute approximate surface area is 147 Å². The highest BCUT2D eigenvalue weighted by Crippen LogP contribution is 2.28. The number of rotatable bonds is 3. The van der Waals surface area contributed by atoms with Gasteiger partial charge >= 0.3 is 5.97 Å². The standard InChI is InChI=1S/C17H13ClN2O5/c1-9-2-5-13(14(6-9)20(23)24)19-16(21)15-7-10-3-4-11(18)8-12(10)17(22)25-15/h2-6,8,15H,7H2,1H3,(H,19,21)/t15-/m1/s1. The lowest BCUT2D eigenvalue weighted by Crippen LogP contribution is -2.38. The van der Waals surface area contributed by atoms with Gasteiger partial charge < -0.3 is 10.1 Å². The summed E-state index contributed by atoms with van der Waals surface area (Å²) in [4.78, 5) is 35.0. The number of nitrogens with one attached hydrogen (secondary N) is 1. The molecule has 1 amide bonds. The summed E-state index contributed by atoms with van der Waals surface area (Å²) >= 11 is 5.86. The number of anilines is 1. The van der Waals surface area contributed by atoms with Gasteiger partial charge in [-0.2, -0.15) is 0 Å². The number of amides is 1. The van der Waals surface area contributed by atoms with Crippen LogP contribution < -0.4 is 5.32 Å². The molecule has 0 saturated carbocycles. The molecule has 0 unspecified atom stereocenters. The maximum absolute atomic E-state index is 12.4. The van der Waals surface area contributed by atoms with Crippen molar-refractivity contribution in [3.05, 3.63) is 68.2 Å². The van der Waals surface area contributed by atoms with Crippen molar-refractivity contribution in [2.45, 2.75) is 19.4 Å². The lowest BCUT2D eigenvalue weighted by Gasteiger charge is -2.24. The summed E-state index contributed by atoms with van der Waals surface area (Å²) in [5, 5.41) is 14.0. The highest BCUT2D eigenvalue weighted by atomic mass is 35.5. The normalized spacial score (nSPS) is 15.9. The van der Waals surface area contributed by atoms with Crippen molar-refractivity contribution in [2.24, 2.45) is 0 Å². The Balaban J connectivity index is 1.82. The summed E-state index contributed by atoms with van der Waals surface area (Å²) in [5.41, 5.74) is 1.48. The second-order valence-electron chi connectivity index (χ2n) is 5.67. The molecular weight excluding hydrogens is 348 g/mol. The molecule has 3 rings (SSSR count). The van der Waals surface area contributed by atoms with Gasteiger partial charge in [0, 0.05) is 17.5 Å². The highest BCUT2D eigenvalue weighted by Gasteiger charge is 2.32. The summed E-state index contributed by atoms with van der Waals surface area (Å²) in [5.74, 6) is -1.27. The third kappa shape index (κ3) is 3.46. The summed E-state index contributed by atoms with van der Waals surface area (Å²) in [7, 11) is 0. The zero-order valence-corrected chi connectivity index (χ0v) is 13.9. The summed E-state index contributed by atoms with van der Waals surface area (Å²) in [6.45, 7) is 1.71. The predicted molar refractivity (Wildman–Crippen MR) is 90.8 cm³/mol. The van der Waals surface area contributed by atoms with Crippen molar-refractivity contribution in [2.75, 3.05) is 5.32 Å². The molecule has 1 heterocycles. The molecule has 1 atom stereocenters. The molecule has 0 spiro atoms. The molecule has 8 heteroatoms. The first-order valence-electron chi connectivity index (χ1n) is 7.40. The average Bonchev–Trinajstić information content (AvgIpc) is 2.56. The number of nitro benzene ring substituents is 1. The van der Waals surface area contributed by atoms with E-state index in [0.29, 0.717) is 21.7 Å². The van der Waals surface area contributed by atoms with E-state index in [4.69, 9.17) is 16.3 Å². The van der Waals surface area contributed by atoms with Crippen LogP contribution in [0.3, 0.4) is 0 Å². The zero-order chi connectivity index (χ0) is 18.1. The first-order chi connectivity index (χ1) is 11.8. The Bertz CT molecular complexity index is 897. The molecule has 0 bridgehead atoms. The molecule has 7 nitrogen and oxygen atoms in total. The molecule has 1 N–H and O–H groups in total. The molecule has 1 aliphatic heterocycles. The number of ether oxygens (including phenoxy) is 1. The van der Waals surface area contributed by atoms with Gasteiger partial charge in [0.15, 0.2) is 6.10 Å². The van der Waals surface area contributed by atoms with Crippen LogP contribution in [0.1, 0.15) is 21.5 Å². The number of carbonyl (C=O) groups is 2. The largest absolute Gasteiger partial charge is 0.448 e. The third-order valence-electron chi connectivity index (χ3n) is 3.85. The number of nitro groups is 1. The SMILES string of the molecule is Cc1ccc(NC(=O)[C@H]2Cc3ccc(Cl)cc3C(=O)O2)c([N+](=O)[O-])c1. The van der Waals surface area contributed by atoms with E-state index in [2.05, 4.69) is 5.32 Å². The molecule has 1 aliphatic rings. The number of fused-ring (bicyclic) bond motifs is 1. The molecule has 0 radical (unpaired) electrons. The van der Waals surface area contributed by atoms with Crippen LogP contribution in [0.5, 0.6) is 0 Å². The van der Waals surface area contributed by atoms with E-state index in [-0.39, 0.29) is 17.8 Å². The number of carbonyl (C=O) groups excluding carboxylic acids is 2. The maximum atomic E-state index is 12.4. The Morgan fingerprint density at radius 1 is 1.32 bits per heavy atom. The molecular formula is C17H13ClN2O5. The van der Waals surface area contributed by atoms with Gasteiger partial charge in [-0.15, -0.1) is 0 Å². The van der Waals surface area contributed by atoms with Gasteiger partial charge in [0.05, 0.1) is 10.5 Å². The van der Waals surface area contributed by atoms with Crippen LogP contribution in [-0.4, -0.2) is 22.9 Å². The number of hydrogen-bond acceptors (Lipinski definition) is 5. The van der Waals surface area contributed by atoms with Crippen molar-refractivity contribution >= 4 is 34.9 Å². The second kappa shape index (κ2) is 6.52.